The van der Waals surface area contributed by atoms with Crippen molar-refractivity contribution in [2.24, 2.45) is 10.8 Å². The standard InChI is InChI=1S/C7H12F3N3O/c8-7(9,10)4-14-3-6(13-11)12-5-1-2-5/h5H,1-4,11H2,(H,12,13). The van der Waals surface area contributed by atoms with E-state index in [0.717, 1.165) is 12.8 Å². The zero-order valence-corrected chi connectivity index (χ0v) is 7.47. The molecule has 1 fully saturated rings. The molecule has 0 amide bonds. The summed E-state index contributed by atoms with van der Waals surface area (Å²) in [5.41, 5.74) is 2.22. The average molecular weight is 211 g/mol. The SMILES string of the molecule is NNC(COCC(F)(F)F)=NC1CC1. The van der Waals surface area contributed by atoms with Crippen molar-refractivity contribution in [1.82, 2.24) is 5.43 Å². The van der Waals surface area contributed by atoms with E-state index in [1.165, 1.54) is 0 Å². The van der Waals surface area contributed by atoms with Gasteiger partial charge in [0, 0.05) is 0 Å². The minimum atomic E-state index is -4.31. The number of nitrogens with zero attached hydrogens (tertiary/aromatic N) is 1. The fourth-order valence-corrected chi connectivity index (χ4v) is 0.804. The summed E-state index contributed by atoms with van der Waals surface area (Å²) in [6.45, 7) is -1.51. The second-order valence-electron chi connectivity index (χ2n) is 3.06. The summed E-state index contributed by atoms with van der Waals surface area (Å²) in [5.74, 6) is 5.32. The van der Waals surface area contributed by atoms with Gasteiger partial charge in [0.15, 0.2) is 0 Å². The molecular weight excluding hydrogens is 199 g/mol. The van der Waals surface area contributed by atoms with Crippen LogP contribution in [-0.4, -0.2) is 31.3 Å². The molecule has 1 rings (SSSR count). The number of nitrogens with one attached hydrogen (secondary N) is 1. The van der Waals surface area contributed by atoms with Crippen molar-refractivity contribution in [1.29, 1.82) is 0 Å². The van der Waals surface area contributed by atoms with E-state index in [1.807, 2.05) is 0 Å². The first kappa shape index (κ1) is 11.3. The van der Waals surface area contributed by atoms with Crippen LogP contribution in [0.4, 0.5) is 13.2 Å². The predicted octanol–water partition coefficient (Wildman–Crippen LogP) is 0.589. The zero-order chi connectivity index (χ0) is 10.6. The number of hydrazine groups is 1. The molecule has 0 aromatic rings. The Morgan fingerprint density at radius 3 is 2.57 bits per heavy atom. The van der Waals surface area contributed by atoms with Gasteiger partial charge < -0.3 is 10.2 Å². The fraction of sp³-hybridized carbons (Fsp3) is 0.857. The van der Waals surface area contributed by atoms with Crippen LogP contribution in [0.15, 0.2) is 4.99 Å². The number of hydrogen-bond donors (Lipinski definition) is 2. The van der Waals surface area contributed by atoms with Gasteiger partial charge >= 0.3 is 6.18 Å². The van der Waals surface area contributed by atoms with Crippen molar-refractivity contribution in [3.63, 3.8) is 0 Å². The Morgan fingerprint density at radius 2 is 2.14 bits per heavy atom. The quantitative estimate of drug-likeness (QED) is 0.309. The van der Waals surface area contributed by atoms with Crippen LogP contribution in [0.1, 0.15) is 12.8 Å². The number of nitrogens with two attached hydrogens (primary N) is 1. The summed E-state index contributed by atoms with van der Waals surface area (Å²) in [4.78, 5) is 4.01. The molecule has 0 radical (unpaired) electrons. The van der Waals surface area contributed by atoms with Crippen molar-refractivity contribution in [2.45, 2.75) is 25.1 Å². The van der Waals surface area contributed by atoms with Crippen LogP contribution in [0.25, 0.3) is 0 Å². The van der Waals surface area contributed by atoms with Gasteiger partial charge in [-0.2, -0.15) is 13.2 Å². The molecule has 0 saturated heterocycles. The fourth-order valence-electron chi connectivity index (χ4n) is 0.804. The average Bonchev–Trinajstić information content (AvgIpc) is 2.84. The molecule has 82 valence electrons. The lowest BCUT2D eigenvalue weighted by Crippen LogP contribution is -2.35. The van der Waals surface area contributed by atoms with Crippen molar-refractivity contribution in [3.8, 4) is 0 Å². The summed E-state index contributed by atoms with van der Waals surface area (Å²) in [7, 11) is 0. The summed E-state index contributed by atoms with van der Waals surface area (Å²) in [5, 5.41) is 0. The van der Waals surface area contributed by atoms with E-state index in [4.69, 9.17) is 5.84 Å². The molecular formula is C7H12F3N3O. The number of rotatable bonds is 4. The summed E-state index contributed by atoms with van der Waals surface area (Å²) < 4.78 is 39.4. The van der Waals surface area contributed by atoms with E-state index < -0.39 is 12.8 Å². The molecule has 0 aliphatic heterocycles. The van der Waals surface area contributed by atoms with E-state index in [9.17, 15) is 13.2 Å². The molecule has 0 bridgehead atoms. The largest absolute Gasteiger partial charge is 0.411 e. The van der Waals surface area contributed by atoms with Gasteiger partial charge in [0.2, 0.25) is 0 Å². The number of alkyl halides is 3. The topological polar surface area (TPSA) is 59.6 Å². The van der Waals surface area contributed by atoms with Gasteiger partial charge in [0.1, 0.15) is 19.0 Å². The zero-order valence-electron chi connectivity index (χ0n) is 7.47. The molecule has 7 heteroatoms. The molecule has 1 aliphatic rings. The van der Waals surface area contributed by atoms with Crippen LogP contribution < -0.4 is 11.3 Å². The van der Waals surface area contributed by atoms with Gasteiger partial charge in [-0.3, -0.25) is 4.99 Å². The predicted molar refractivity (Wildman–Crippen MR) is 44.7 cm³/mol. The molecule has 0 atom stereocenters. The second kappa shape index (κ2) is 4.61. The first-order chi connectivity index (χ1) is 6.51. The van der Waals surface area contributed by atoms with Crippen LogP contribution in [-0.2, 0) is 4.74 Å². The maximum Gasteiger partial charge on any atom is 0.411 e. The summed E-state index contributed by atoms with van der Waals surface area (Å²) >= 11 is 0. The molecule has 0 unspecified atom stereocenters. The lowest BCUT2D eigenvalue weighted by molar-refractivity contribution is -0.170. The number of hydrogen-bond acceptors (Lipinski definition) is 3. The van der Waals surface area contributed by atoms with Crippen molar-refractivity contribution in [2.75, 3.05) is 13.2 Å². The van der Waals surface area contributed by atoms with Gasteiger partial charge in [-0.05, 0) is 12.8 Å². The van der Waals surface area contributed by atoms with Crippen molar-refractivity contribution >= 4 is 5.84 Å². The maximum absolute atomic E-state index is 11.7. The smallest absolute Gasteiger partial charge is 0.364 e. The van der Waals surface area contributed by atoms with E-state index in [-0.39, 0.29) is 18.5 Å². The molecule has 0 aromatic carbocycles. The maximum atomic E-state index is 11.7. The van der Waals surface area contributed by atoms with E-state index in [2.05, 4.69) is 15.2 Å². The Bertz CT molecular complexity index is 213. The molecule has 3 N–H and O–H groups in total. The Balaban J connectivity index is 2.20. The Hall–Kier alpha value is -0.820. The molecule has 4 nitrogen and oxygen atoms in total. The summed E-state index contributed by atoms with van der Waals surface area (Å²) in [6, 6.07) is 0.204. The van der Waals surface area contributed by atoms with Crippen molar-refractivity contribution < 1.29 is 17.9 Å². The third-order valence-corrected chi connectivity index (χ3v) is 1.56. The third kappa shape index (κ3) is 5.03. The van der Waals surface area contributed by atoms with Gasteiger partial charge in [-0.15, -0.1) is 0 Å². The highest BCUT2D eigenvalue weighted by Crippen LogP contribution is 2.23. The molecule has 0 aromatic heterocycles. The van der Waals surface area contributed by atoms with Gasteiger partial charge in [-0.25, -0.2) is 5.84 Å². The highest BCUT2D eigenvalue weighted by atomic mass is 19.4. The lowest BCUT2D eigenvalue weighted by Gasteiger charge is -2.08. The first-order valence-corrected chi connectivity index (χ1v) is 4.19. The summed E-state index contributed by atoms with van der Waals surface area (Å²) in [6.07, 6.45) is -2.38. The molecule has 0 heterocycles. The third-order valence-electron chi connectivity index (χ3n) is 1.56. The Labute approximate surface area is 79.3 Å². The van der Waals surface area contributed by atoms with Gasteiger partial charge in [0.05, 0.1) is 6.04 Å². The van der Waals surface area contributed by atoms with E-state index in [1.54, 1.807) is 0 Å². The highest BCUT2D eigenvalue weighted by Gasteiger charge is 2.28. The van der Waals surface area contributed by atoms with Crippen LogP contribution in [0.2, 0.25) is 0 Å². The lowest BCUT2D eigenvalue weighted by atomic mass is 10.6. The molecule has 1 saturated carbocycles. The Morgan fingerprint density at radius 1 is 1.50 bits per heavy atom. The number of ether oxygens (including phenoxy) is 1. The van der Waals surface area contributed by atoms with E-state index >= 15 is 0 Å². The number of halogens is 3. The minimum Gasteiger partial charge on any atom is -0.364 e. The van der Waals surface area contributed by atoms with Crippen LogP contribution in [0.5, 0.6) is 0 Å². The van der Waals surface area contributed by atoms with Crippen LogP contribution in [0, 0.1) is 0 Å². The van der Waals surface area contributed by atoms with Crippen molar-refractivity contribution in [3.05, 3.63) is 0 Å². The second-order valence-corrected chi connectivity index (χ2v) is 3.06. The monoisotopic (exact) mass is 211 g/mol. The number of amidine groups is 1. The first-order valence-electron chi connectivity index (χ1n) is 4.19. The van der Waals surface area contributed by atoms with Gasteiger partial charge in [0.25, 0.3) is 0 Å². The van der Waals surface area contributed by atoms with Gasteiger partial charge in [-0.1, -0.05) is 0 Å². The highest BCUT2D eigenvalue weighted by molar-refractivity contribution is 5.83. The number of aliphatic imine (C=N–C) groups is 1. The molecule has 1 aliphatic carbocycles. The molecule has 14 heavy (non-hydrogen) atoms. The molecule has 0 spiro atoms. The normalized spacial score (nSPS) is 18.4. The minimum absolute atomic E-state index is 0.204. The van der Waals surface area contributed by atoms with E-state index in [0.29, 0.717) is 0 Å². The van der Waals surface area contributed by atoms with Crippen LogP contribution >= 0.6 is 0 Å². The van der Waals surface area contributed by atoms with Crippen LogP contribution in [0.3, 0.4) is 0 Å². The Kier molecular flexibility index (Phi) is 3.70.